The van der Waals surface area contributed by atoms with Crippen molar-refractivity contribution in [3.05, 3.63) is 35.4 Å². The normalized spacial score (nSPS) is 19.9. The van der Waals surface area contributed by atoms with E-state index in [1.165, 1.54) is 18.2 Å². The molecular weight excluding hydrogens is 258 g/mol. The average molecular weight is 282 g/mol. The lowest BCUT2D eigenvalue weighted by Crippen LogP contribution is -2.38. The van der Waals surface area contributed by atoms with Gasteiger partial charge in [0.05, 0.1) is 0 Å². The van der Waals surface area contributed by atoms with Gasteiger partial charge in [0.25, 0.3) is 0 Å². The van der Waals surface area contributed by atoms with E-state index in [0.29, 0.717) is 18.5 Å². The summed E-state index contributed by atoms with van der Waals surface area (Å²) in [6.07, 6.45) is 2.20. The van der Waals surface area contributed by atoms with E-state index < -0.39 is 11.6 Å². The minimum absolute atomic E-state index is 0.197. The van der Waals surface area contributed by atoms with Crippen LogP contribution in [0, 0.1) is 17.6 Å². The molecule has 0 radical (unpaired) electrons. The van der Waals surface area contributed by atoms with E-state index >= 15 is 0 Å². The molecule has 0 aliphatic carbocycles. The summed E-state index contributed by atoms with van der Waals surface area (Å²) in [5, 5.41) is 3.44. The van der Waals surface area contributed by atoms with E-state index in [-0.39, 0.29) is 5.56 Å². The number of rotatable bonds is 6. The van der Waals surface area contributed by atoms with Crippen LogP contribution in [0.4, 0.5) is 8.78 Å². The molecule has 0 bridgehead atoms. The Morgan fingerprint density at radius 2 is 2.00 bits per heavy atom. The Morgan fingerprint density at radius 3 is 2.65 bits per heavy atom. The third kappa shape index (κ3) is 4.00. The Bertz CT molecular complexity index is 414. The highest BCUT2D eigenvalue weighted by Gasteiger charge is 2.25. The quantitative estimate of drug-likeness (QED) is 0.862. The highest BCUT2D eigenvalue weighted by atomic mass is 19.1. The minimum atomic E-state index is -0.439. The highest BCUT2D eigenvalue weighted by Crippen LogP contribution is 2.22. The zero-order chi connectivity index (χ0) is 14.5. The van der Waals surface area contributed by atoms with E-state index in [1.807, 2.05) is 0 Å². The highest BCUT2D eigenvalue weighted by molar-refractivity contribution is 5.19. The molecule has 1 aliphatic rings. The Morgan fingerprint density at radius 1 is 1.30 bits per heavy atom. The second-order valence-corrected chi connectivity index (χ2v) is 6.02. The maximum atomic E-state index is 13.7. The Labute approximate surface area is 120 Å². The molecule has 4 heteroatoms. The average Bonchev–Trinajstić information content (AvgIpc) is 2.81. The topological polar surface area (TPSA) is 15.3 Å². The van der Waals surface area contributed by atoms with E-state index in [4.69, 9.17) is 0 Å². The summed E-state index contributed by atoms with van der Waals surface area (Å²) in [5.74, 6) is -0.259. The van der Waals surface area contributed by atoms with Crippen molar-refractivity contribution in [3.8, 4) is 0 Å². The minimum Gasteiger partial charge on any atom is -0.315 e. The molecule has 1 N–H and O–H groups in total. The van der Waals surface area contributed by atoms with E-state index in [1.54, 1.807) is 0 Å². The summed E-state index contributed by atoms with van der Waals surface area (Å²) >= 11 is 0. The molecular formula is C16H24F2N2. The van der Waals surface area contributed by atoms with Gasteiger partial charge in [0.2, 0.25) is 0 Å². The molecule has 0 amide bonds. The number of halogens is 2. The van der Waals surface area contributed by atoms with Crippen LogP contribution in [-0.2, 0) is 6.54 Å². The lowest BCUT2D eigenvalue weighted by molar-refractivity contribution is 0.231. The molecule has 2 nitrogen and oxygen atoms in total. The second-order valence-electron chi connectivity index (χ2n) is 6.02. The van der Waals surface area contributed by atoms with Crippen molar-refractivity contribution in [1.29, 1.82) is 0 Å². The first-order valence-electron chi connectivity index (χ1n) is 7.45. The molecule has 1 aromatic carbocycles. The zero-order valence-corrected chi connectivity index (χ0v) is 12.3. The van der Waals surface area contributed by atoms with Crippen molar-refractivity contribution in [2.75, 3.05) is 19.6 Å². The molecule has 1 fully saturated rings. The van der Waals surface area contributed by atoms with Crippen molar-refractivity contribution in [3.63, 3.8) is 0 Å². The van der Waals surface area contributed by atoms with Gasteiger partial charge in [-0.2, -0.15) is 0 Å². The van der Waals surface area contributed by atoms with E-state index in [2.05, 4.69) is 24.1 Å². The van der Waals surface area contributed by atoms with Gasteiger partial charge in [-0.1, -0.05) is 19.9 Å². The molecule has 112 valence electrons. The first-order chi connectivity index (χ1) is 9.58. The summed E-state index contributed by atoms with van der Waals surface area (Å²) in [6.45, 7) is 7.52. The monoisotopic (exact) mass is 282 g/mol. The Hall–Kier alpha value is -1.00. The summed E-state index contributed by atoms with van der Waals surface area (Å²) in [4.78, 5) is 2.19. The Kier molecular flexibility index (Phi) is 5.49. The molecule has 1 aromatic rings. The van der Waals surface area contributed by atoms with Crippen molar-refractivity contribution >= 4 is 0 Å². The van der Waals surface area contributed by atoms with Crippen LogP contribution in [0.2, 0.25) is 0 Å². The standard InChI is InChI=1S/C16H24F2N2/c1-12(2)9-19-10-13-5-4-8-20(13)11-14-15(17)6-3-7-16(14)18/h3,6-7,12-13,19H,4-5,8-11H2,1-2H3. The fourth-order valence-corrected chi connectivity index (χ4v) is 2.76. The second kappa shape index (κ2) is 7.14. The van der Waals surface area contributed by atoms with Crippen LogP contribution in [0.5, 0.6) is 0 Å². The molecule has 1 heterocycles. The smallest absolute Gasteiger partial charge is 0.130 e. The molecule has 20 heavy (non-hydrogen) atoms. The zero-order valence-electron chi connectivity index (χ0n) is 12.3. The molecule has 1 atom stereocenters. The predicted octanol–water partition coefficient (Wildman–Crippen LogP) is 3.17. The largest absolute Gasteiger partial charge is 0.315 e. The molecule has 0 saturated carbocycles. The number of hydrogen-bond donors (Lipinski definition) is 1. The van der Waals surface area contributed by atoms with Crippen LogP contribution in [0.3, 0.4) is 0 Å². The SMILES string of the molecule is CC(C)CNCC1CCCN1Cc1c(F)cccc1F. The van der Waals surface area contributed by atoms with Crippen LogP contribution < -0.4 is 5.32 Å². The molecule has 1 aliphatic heterocycles. The first kappa shape index (κ1) is 15.4. The number of benzene rings is 1. The summed E-state index contributed by atoms with van der Waals surface area (Å²) < 4.78 is 27.4. The fraction of sp³-hybridized carbons (Fsp3) is 0.625. The van der Waals surface area contributed by atoms with Crippen LogP contribution in [0.25, 0.3) is 0 Å². The molecule has 0 aromatic heterocycles. The molecule has 0 spiro atoms. The third-order valence-corrected chi connectivity index (χ3v) is 3.85. The lowest BCUT2D eigenvalue weighted by atomic mass is 10.1. The molecule has 1 unspecified atom stereocenters. The van der Waals surface area contributed by atoms with Crippen LogP contribution >= 0.6 is 0 Å². The van der Waals surface area contributed by atoms with Gasteiger partial charge in [0.1, 0.15) is 11.6 Å². The van der Waals surface area contributed by atoms with Gasteiger partial charge in [-0.05, 0) is 44.0 Å². The predicted molar refractivity (Wildman–Crippen MR) is 77.5 cm³/mol. The van der Waals surface area contributed by atoms with Crippen molar-refractivity contribution in [2.24, 2.45) is 5.92 Å². The Balaban J connectivity index is 1.94. The summed E-state index contributed by atoms with van der Waals surface area (Å²) in [5.41, 5.74) is 0.197. The van der Waals surface area contributed by atoms with Gasteiger partial charge in [-0.3, -0.25) is 4.90 Å². The van der Waals surface area contributed by atoms with Crippen LogP contribution in [0.1, 0.15) is 32.3 Å². The molecule has 1 saturated heterocycles. The van der Waals surface area contributed by atoms with Gasteiger partial charge in [-0.15, -0.1) is 0 Å². The van der Waals surface area contributed by atoms with Crippen molar-refractivity contribution < 1.29 is 8.78 Å². The van der Waals surface area contributed by atoms with Gasteiger partial charge in [0.15, 0.2) is 0 Å². The van der Waals surface area contributed by atoms with E-state index in [9.17, 15) is 8.78 Å². The maximum absolute atomic E-state index is 13.7. The lowest BCUT2D eigenvalue weighted by Gasteiger charge is -2.25. The van der Waals surface area contributed by atoms with Gasteiger partial charge in [-0.25, -0.2) is 8.78 Å². The van der Waals surface area contributed by atoms with Crippen LogP contribution in [-0.4, -0.2) is 30.6 Å². The van der Waals surface area contributed by atoms with Crippen molar-refractivity contribution in [2.45, 2.75) is 39.3 Å². The van der Waals surface area contributed by atoms with Crippen LogP contribution in [0.15, 0.2) is 18.2 Å². The number of hydrogen-bond acceptors (Lipinski definition) is 2. The fourth-order valence-electron chi connectivity index (χ4n) is 2.76. The van der Waals surface area contributed by atoms with E-state index in [0.717, 1.165) is 32.5 Å². The van der Waals surface area contributed by atoms with Gasteiger partial charge < -0.3 is 5.32 Å². The van der Waals surface area contributed by atoms with Crippen molar-refractivity contribution in [1.82, 2.24) is 10.2 Å². The van der Waals surface area contributed by atoms with Gasteiger partial charge >= 0.3 is 0 Å². The molecule has 2 rings (SSSR count). The first-order valence-corrected chi connectivity index (χ1v) is 7.45. The third-order valence-electron chi connectivity index (χ3n) is 3.85. The maximum Gasteiger partial charge on any atom is 0.130 e. The number of nitrogens with zero attached hydrogens (tertiary/aromatic N) is 1. The number of likely N-dealkylation sites (tertiary alicyclic amines) is 1. The van der Waals surface area contributed by atoms with Gasteiger partial charge in [0, 0.05) is 24.7 Å². The number of nitrogens with one attached hydrogen (secondary N) is 1. The summed E-state index contributed by atoms with van der Waals surface area (Å²) in [6, 6.07) is 4.47. The summed E-state index contributed by atoms with van der Waals surface area (Å²) in [7, 11) is 0.